The van der Waals surface area contributed by atoms with Crippen LogP contribution < -0.4 is 5.32 Å². The van der Waals surface area contributed by atoms with Gasteiger partial charge >= 0.3 is 0 Å². The molecule has 4 nitrogen and oxygen atoms in total. The highest BCUT2D eigenvalue weighted by Gasteiger charge is 2.19. The summed E-state index contributed by atoms with van der Waals surface area (Å²) in [5.41, 5.74) is 0. The summed E-state index contributed by atoms with van der Waals surface area (Å²) in [5, 5.41) is 23.0. The number of unbranched alkanes of at least 4 members (excludes halogenated alkanes) is 27. The molecule has 1 amide bonds. The highest BCUT2D eigenvalue weighted by Crippen LogP contribution is 2.16. The van der Waals surface area contributed by atoms with Gasteiger partial charge in [0.1, 0.15) is 0 Å². The molecule has 0 spiro atoms. The van der Waals surface area contributed by atoms with E-state index in [0.717, 1.165) is 32.1 Å². The lowest BCUT2D eigenvalue weighted by molar-refractivity contribution is -0.123. The number of carbonyl (C=O) groups is 1. The van der Waals surface area contributed by atoms with E-state index in [-0.39, 0.29) is 12.5 Å². The van der Waals surface area contributed by atoms with E-state index in [0.29, 0.717) is 12.8 Å². The minimum absolute atomic E-state index is 0.0420. The Morgan fingerprint density at radius 1 is 0.523 bits per heavy atom. The third kappa shape index (κ3) is 32.5. The van der Waals surface area contributed by atoms with Crippen LogP contribution in [0.15, 0.2) is 12.2 Å². The topological polar surface area (TPSA) is 69.6 Å². The van der Waals surface area contributed by atoms with E-state index < -0.39 is 12.1 Å². The molecule has 0 aromatic carbocycles. The van der Waals surface area contributed by atoms with Crippen molar-refractivity contribution in [2.45, 2.75) is 231 Å². The molecule has 0 fully saturated rings. The van der Waals surface area contributed by atoms with Crippen LogP contribution in [0.4, 0.5) is 0 Å². The number of nitrogens with one attached hydrogen (secondary N) is 1. The Morgan fingerprint density at radius 3 is 1.34 bits per heavy atom. The summed E-state index contributed by atoms with van der Waals surface area (Å²) in [5.74, 6) is -0.0420. The van der Waals surface area contributed by atoms with Crippen molar-refractivity contribution in [3.8, 4) is 0 Å². The Balaban J connectivity index is 3.46. The maximum atomic E-state index is 12.3. The van der Waals surface area contributed by atoms with Crippen LogP contribution in [-0.2, 0) is 4.79 Å². The number of aliphatic hydroxyl groups excluding tert-OH is 2. The minimum atomic E-state index is -0.658. The lowest BCUT2D eigenvalue weighted by Crippen LogP contribution is -2.45. The summed E-state index contributed by atoms with van der Waals surface area (Å²) in [4.78, 5) is 12.3. The van der Waals surface area contributed by atoms with Crippen LogP contribution in [0.25, 0.3) is 0 Å². The molecule has 0 aliphatic rings. The van der Waals surface area contributed by atoms with Crippen molar-refractivity contribution in [3.63, 3.8) is 0 Å². The molecule has 0 aliphatic heterocycles. The van der Waals surface area contributed by atoms with Gasteiger partial charge in [0.05, 0.1) is 18.8 Å². The average Bonchev–Trinajstić information content (AvgIpc) is 3.03. The standard InChI is InChI=1S/C40H79NO3/c1-3-5-7-9-11-13-15-16-17-18-19-20-21-22-23-24-25-26-27-29-31-33-35-39(43)38(37-42)41-40(44)36-34-32-30-28-14-12-10-8-6-4-2/h8,10,38-39,42-43H,3-7,9,11-37H2,1-2H3,(H,41,44)/b10-8-. The van der Waals surface area contributed by atoms with Crippen LogP contribution in [0.3, 0.4) is 0 Å². The van der Waals surface area contributed by atoms with Gasteiger partial charge in [-0.2, -0.15) is 0 Å². The van der Waals surface area contributed by atoms with Crippen molar-refractivity contribution < 1.29 is 15.0 Å². The number of allylic oxidation sites excluding steroid dienone is 2. The lowest BCUT2D eigenvalue weighted by atomic mass is 10.0. The van der Waals surface area contributed by atoms with Gasteiger partial charge < -0.3 is 15.5 Å². The third-order valence-corrected chi connectivity index (χ3v) is 9.26. The van der Waals surface area contributed by atoms with Crippen LogP contribution in [0.1, 0.15) is 219 Å². The molecular formula is C40H79NO3. The molecule has 0 bridgehead atoms. The van der Waals surface area contributed by atoms with Crippen LogP contribution in [0.5, 0.6) is 0 Å². The summed E-state index contributed by atoms with van der Waals surface area (Å²) in [6, 6.07) is -0.535. The van der Waals surface area contributed by atoms with E-state index in [9.17, 15) is 15.0 Å². The Morgan fingerprint density at radius 2 is 0.909 bits per heavy atom. The van der Waals surface area contributed by atoms with Crippen molar-refractivity contribution in [1.29, 1.82) is 0 Å². The van der Waals surface area contributed by atoms with Gasteiger partial charge in [-0.1, -0.05) is 193 Å². The second-order valence-electron chi connectivity index (χ2n) is 13.7. The molecular weight excluding hydrogens is 542 g/mol. The SMILES string of the molecule is CCC/C=C\CCCCCCCC(=O)NC(CO)C(O)CCCCCCCCCCCCCCCCCCCCCCCC. The zero-order valence-electron chi connectivity index (χ0n) is 29.9. The van der Waals surface area contributed by atoms with Gasteiger partial charge in [0.25, 0.3) is 0 Å². The average molecular weight is 622 g/mol. The van der Waals surface area contributed by atoms with Crippen molar-refractivity contribution in [2.24, 2.45) is 0 Å². The molecule has 0 radical (unpaired) electrons. The molecule has 262 valence electrons. The molecule has 0 saturated carbocycles. The predicted octanol–water partition coefficient (Wildman–Crippen LogP) is 11.9. The number of amides is 1. The first-order chi connectivity index (χ1) is 21.7. The molecule has 4 heteroatoms. The molecule has 0 aromatic heterocycles. The Hall–Kier alpha value is -0.870. The molecule has 0 aliphatic carbocycles. The Bertz CT molecular complexity index is 593. The zero-order valence-corrected chi connectivity index (χ0v) is 29.9. The van der Waals surface area contributed by atoms with E-state index in [2.05, 4.69) is 31.3 Å². The Labute approximate surface area is 276 Å². The van der Waals surface area contributed by atoms with Crippen LogP contribution in [0.2, 0.25) is 0 Å². The summed E-state index contributed by atoms with van der Waals surface area (Å²) in [6.07, 6.45) is 44.3. The number of hydrogen-bond acceptors (Lipinski definition) is 3. The van der Waals surface area contributed by atoms with Gasteiger partial charge in [0.2, 0.25) is 5.91 Å². The smallest absolute Gasteiger partial charge is 0.220 e. The quantitative estimate of drug-likeness (QED) is 0.0481. The third-order valence-electron chi connectivity index (χ3n) is 9.26. The van der Waals surface area contributed by atoms with Gasteiger partial charge in [0, 0.05) is 6.42 Å². The van der Waals surface area contributed by atoms with E-state index in [4.69, 9.17) is 0 Å². The van der Waals surface area contributed by atoms with E-state index in [1.165, 1.54) is 161 Å². The van der Waals surface area contributed by atoms with E-state index >= 15 is 0 Å². The molecule has 0 heterocycles. The monoisotopic (exact) mass is 622 g/mol. The summed E-state index contributed by atoms with van der Waals surface area (Å²) < 4.78 is 0. The largest absolute Gasteiger partial charge is 0.394 e. The van der Waals surface area contributed by atoms with Crippen molar-refractivity contribution >= 4 is 5.91 Å². The normalized spacial score (nSPS) is 13.1. The van der Waals surface area contributed by atoms with Crippen LogP contribution in [0, 0.1) is 0 Å². The second-order valence-corrected chi connectivity index (χ2v) is 13.7. The molecule has 44 heavy (non-hydrogen) atoms. The first-order valence-electron chi connectivity index (χ1n) is 19.9. The number of hydrogen-bond donors (Lipinski definition) is 3. The Kier molecular flexibility index (Phi) is 35.9. The molecule has 0 rings (SSSR count). The van der Waals surface area contributed by atoms with Gasteiger partial charge in [-0.3, -0.25) is 4.79 Å². The van der Waals surface area contributed by atoms with Crippen molar-refractivity contribution in [2.75, 3.05) is 6.61 Å². The first-order valence-corrected chi connectivity index (χ1v) is 19.9. The maximum absolute atomic E-state index is 12.3. The fourth-order valence-electron chi connectivity index (χ4n) is 6.19. The maximum Gasteiger partial charge on any atom is 0.220 e. The fraction of sp³-hybridized carbons (Fsp3) is 0.925. The van der Waals surface area contributed by atoms with Crippen molar-refractivity contribution in [3.05, 3.63) is 12.2 Å². The fourth-order valence-corrected chi connectivity index (χ4v) is 6.19. The number of rotatable bonds is 36. The molecule has 2 atom stereocenters. The summed E-state index contributed by atoms with van der Waals surface area (Å²) in [6.45, 7) is 4.30. The first kappa shape index (κ1) is 43.1. The summed E-state index contributed by atoms with van der Waals surface area (Å²) >= 11 is 0. The van der Waals surface area contributed by atoms with Crippen LogP contribution >= 0.6 is 0 Å². The van der Waals surface area contributed by atoms with Gasteiger partial charge in [-0.05, 0) is 32.1 Å². The lowest BCUT2D eigenvalue weighted by Gasteiger charge is -2.22. The van der Waals surface area contributed by atoms with E-state index in [1.807, 2.05) is 0 Å². The molecule has 3 N–H and O–H groups in total. The highest BCUT2D eigenvalue weighted by atomic mass is 16.3. The second kappa shape index (κ2) is 36.6. The molecule has 0 saturated heterocycles. The number of carbonyl (C=O) groups excluding carboxylic acids is 1. The zero-order chi connectivity index (χ0) is 32.2. The predicted molar refractivity (Wildman–Crippen MR) is 193 cm³/mol. The van der Waals surface area contributed by atoms with Crippen molar-refractivity contribution in [1.82, 2.24) is 5.32 Å². The van der Waals surface area contributed by atoms with Gasteiger partial charge in [-0.15, -0.1) is 0 Å². The van der Waals surface area contributed by atoms with Gasteiger partial charge in [0.15, 0.2) is 0 Å². The molecule has 0 aromatic rings. The minimum Gasteiger partial charge on any atom is -0.394 e. The van der Waals surface area contributed by atoms with E-state index in [1.54, 1.807) is 0 Å². The number of aliphatic hydroxyl groups is 2. The summed E-state index contributed by atoms with van der Waals surface area (Å²) in [7, 11) is 0. The molecule has 2 unspecified atom stereocenters. The highest BCUT2D eigenvalue weighted by molar-refractivity contribution is 5.76. The van der Waals surface area contributed by atoms with Gasteiger partial charge in [-0.25, -0.2) is 0 Å². The van der Waals surface area contributed by atoms with Crippen LogP contribution in [-0.4, -0.2) is 34.9 Å².